The summed E-state index contributed by atoms with van der Waals surface area (Å²) in [5, 5.41) is 4.53. The van der Waals surface area contributed by atoms with Crippen LogP contribution in [-0.2, 0) is 29.1 Å². The fraction of sp³-hybridized carbons (Fsp3) is 0.571. The molecule has 1 aromatic carbocycles. The van der Waals surface area contributed by atoms with Gasteiger partial charge >= 0.3 is 6.09 Å². The van der Waals surface area contributed by atoms with Crippen LogP contribution in [-0.4, -0.2) is 67.6 Å². The van der Waals surface area contributed by atoms with Gasteiger partial charge in [0.2, 0.25) is 21.8 Å². The van der Waals surface area contributed by atoms with Gasteiger partial charge in [0.25, 0.3) is 5.91 Å². The SMILES string of the molecule is CN1CCCCC=C[C@@H]2C[C@@]2(C(=O)NS(=O)(=O)C2CC2)NC(=O)[C@@H]2C[C@@H](OC(=O)Nc3ccccc3F)C[C@H]2C1=O. The number of halogens is 1. The molecule has 4 amide bonds. The topological polar surface area (TPSA) is 151 Å². The van der Waals surface area contributed by atoms with Gasteiger partial charge in [0.15, 0.2) is 0 Å². The maximum absolute atomic E-state index is 14.0. The number of hydrogen-bond donors (Lipinski definition) is 3. The number of carbonyl (C=O) groups is 4. The Labute approximate surface area is 238 Å². The lowest BCUT2D eigenvalue weighted by Crippen LogP contribution is -2.54. The molecule has 0 unspecified atom stereocenters. The average molecular weight is 591 g/mol. The third-order valence-corrected chi connectivity index (χ3v) is 10.2. The van der Waals surface area contributed by atoms with Gasteiger partial charge in [-0.2, -0.15) is 0 Å². The minimum Gasteiger partial charge on any atom is -0.446 e. The van der Waals surface area contributed by atoms with E-state index in [1.54, 1.807) is 18.0 Å². The molecule has 3 saturated carbocycles. The van der Waals surface area contributed by atoms with Crippen LogP contribution in [0.4, 0.5) is 14.9 Å². The Morgan fingerprint density at radius 2 is 1.85 bits per heavy atom. The van der Waals surface area contributed by atoms with Gasteiger partial charge in [-0.05, 0) is 63.5 Å². The number of para-hydroxylation sites is 1. The summed E-state index contributed by atoms with van der Waals surface area (Å²) in [7, 11) is -2.18. The number of anilines is 1. The lowest BCUT2D eigenvalue weighted by atomic mass is 9.93. The minimum absolute atomic E-state index is 0.0132. The highest BCUT2D eigenvalue weighted by Crippen LogP contribution is 2.47. The molecule has 4 aliphatic rings. The molecule has 1 heterocycles. The van der Waals surface area contributed by atoms with Crippen LogP contribution in [0.1, 0.15) is 51.4 Å². The van der Waals surface area contributed by atoms with Gasteiger partial charge in [-0.1, -0.05) is 24.3 Å². The minimum atomic E-state index is -3.84. The molecule has 0 spiro atoms. The molecule has 1 aromatic rings. The van der Waals surface area contributed by atoms with E-state index in [4.69, 9.17) is 4.74 Å². The average Bonchev–Trinajstić information content (AvgIpc) is 3.84. The molecule has 222 valence electrons. The van der Waals surface area contributed by atoms with Crippen molar-refractivity contribution in [2.24, 2.45) is 17.8 Å². The van der Waals surface area contributed by atoms with Crippen molar-refractivity contribution in [2.75, 3.05) is 18.9 Å². The second-order valence-corrected chi connectivity index (χ2v) is 13.4. The fourth-order valence-electron chi connectivity index (χ4n) is 5.74. The van der Waals surface area contributed by atoms with E-state index in [0.717, 1.165) is 12.8 Å². The smallest absolute Gasteiger partial charge is 0.411 e. The van der Waals surface area contributed by atoms with Crippen molar-refractivity contribution in [3.05, 3.63) is 42.2 Å². The van der Waals surface area contributed by atoms with Crippen LogP contribution in [0, 0.1) is 23.6 Å². The van der Waals surface area contributed by atoms with Crippen molar-refractivity contribution in [1.82, 2.24) is 14.9 Å². The van der Waals surface area contributed by atoms with E-state index in [1.807, 2.05) is 12.2 Å². The summed E-state index contributed by atoms with van der Waals surface area (Å²) < 4.78 is 46.7. The number of benzene rings is 1. The molecule has 5 atom stereocenters. The van der Waals surface area contributed by atoms with Crippen molar-refractivity contribution in [2.45, 2.75) is 68.3 Å². The third kappa shape index (κ3) is 6.39. The van der Waals surface area contributed by atoms with Crippen LogP contribution in [0.2, 0.25) is 0 Å². The summed E-state index contributed by atoms with van der Waals surface area (Å²) >= 11 is 0. The van der Waals surface area contributed by atoms with E-state index in [1.165, 1.54) is 18.2 Å². The zero-order valence-corrected chi connectivity index (χ0v) is 23.6. The van der Waals surface area contributed by atoms with Gasteiger partial charge in [0.05, 0.1) is 22.8 Å². The molecule has 41 heavy (non-hydrogen) atoms. The zero-order valence-electron chi connectivity index (χ0n) is 22.8. The van der Waals surface area contributed by atoms with Crippen LogP contribution in [0.15, 0.2) is 36.4 Å². The number of rotatable bonds is 5. The number of sulfonamides is 1. The maximum atomic E-state index is 14.0. The molecular formula is C28H35FN4O7S. The highest BCUT2D eigenvalue weighted by atomic mass is 32.2. The molecular weight excluding hydrogens is 555 g/mol. The molecule has 3 aliphatic carbocycles. The first kappa shape index (κ1) is 29.0. The van der Waals surface area contributed by atoms with Crippen LogP contribution in [0.5, 0.6) is 0 Å². The van der Waals surface area contributed by atoms with Crippen molar-refractivity contribution in [3.63, 3.8) is 0 Å². The van der Waals surface area contributed by atoms with E-state index < -0.39 is 62.5 Å². The van der Waals surface area contributed by atoms with E-state index in [9.17, 15) is 32.0 Å². The summed E-state index contributed by atoms with van der Waals surface area (Å²) in [6.45, 7) is 0.492. The van der Waals surface area contributed by atoms with E-state index >= 15 is 0 Å². The van der Waals surface area contributed by atoms with Gasteiger partial charge in [0, 0.05) is 19.5 Å². The Bertz CT molecular complexity index is 1360. The maximum Gasteiger partial charge on any atom is 0.411 e. The largest absolute Gasteiger partial charge is 0.446 e. The first-order chi connectivity index (χ1) is 19.5. The number of amides is 4. The first-order valence-electron chi connectivity index (χ1n) is 14.0. The first-order valence-corrected chi connectivity index (χ1v) is 15.6. The van der Waals surface area contributed by atoms with Gasteiger partial charge in [-0.15, -0.1) is 0 Å². The van der Waals surface area contributed by atoms with Gasteiger partial charge in [-0.3, -0.25) is 24.4 Å². The monoisotopic (exact) mass is 590 g/mol. The Balaban J connectivity index is 1.35. The Hall–Kier alpha value is -3.48. The molecule has 0 bridgehead atoms. The molecule has 0 radical (unpaired) electrons. The standard InChI is InChI=1S/C28H35FN4O7S/c1-33-13-7-3-2-4-8-17-16-28(17,26(36)32-41(38,39)19-11-12-19)31-24(34)20-14-18(15-21(20)25(33)35)40-27(37)30-23-10-6-5-9-22(23)29/h4-6,8-10,17-21H,2-3,7,11-16H2,1H3,(H,30,37)(H,31,34)(H,32,36)/t17-,18-,20-,21-,28-/m1/s1. The second kappa shape index (κ2) is 11.4. The number of hydrogen-bond acceptors (Lipinski definition) is 7. The number of ether oxygens (including phenoxy) is 1. The molecule has 1 aliphatic heterocycles. The van der Waals surface area contributed by atoms with Crippen LogP contribution in [0.25, 0.3) is 0 Å². The quantitative estimate of drug-likeness (QED) is 0.446. The molecule has 0 saturated heterocycles. The van der Waals surface area contributed by atoms with Crippen molar-refractivity contribution < 1.29 is 36.7 Å². The lowest BCUT2D eigenvalue weighted by Gasteiger charge is -2.26. The summed E-state index contributed by atoms with van der Waals surface area (Å²) in [6.07, 6.45) is 5.57. The molecule has 3 N–H and O–H groups in total. The van der Waals surface area contributed by atoms with E-state index in [0.29, 0.717) is 25.8 Å². The normalized spacial score (nSPS) is 30.3. The number of carbonyl (C=O) groups excluding carboxylic acids is 4. The number of allylic oxidation sites excluding steroid dienone is 1. The number of nitrogens with one attached hydrogen (secondary N) is 3. The van der Waals surface area contributed by atoms with E-state index in [2.05, 4.69) is 15.4 Å². The van der Waals surface area contributed by atoms with Crippen LogP contribution < -0.4 is 15.4 Å². The van der Waals surface area contributed by atoms with E-state index in [-0.39, 0.29) is 36.8 Å². The zero-order chi connectivity index (χ0) is 29.4. The van der Waals surface area contributed by atoms with Crippen molar-refractivity contribution in [1.29, 1.82) is 0 Å². The molecule has 13 heteroatoms. The summed E-state index contributed by atoms with van der Waals surface area (Å²) in [4.78, 5) is 54.6. The lowest BCUT2D eigenvalue weighted by molar-refractivity contribution is -0.140. The van der Waals surface area contributed by atoms with Crippen LogP contribution in [0.3, 0.4) is 0 Å². The highest BCUT2D eigenvalue weighted by molar-refractivity contribution is 7.91. The summed E-state index contributed by atoms with van der Waals surface area (Å²) in [6, 6.07) is 5.60. The van der Waals surface area contributed by atoms with Crippen molar-refractivity contribution >= 4 is 39.5 Å². The Morgan fingerprint density at radius 3 is 2.59 bits per heavy atom. The predicted octanol–water partition coefficient (Wildman–Crippen LogP) is 2.45. The second-order valence-electron chi connectivity index (χ2n) is 11.4. The van der Waals surface area contributed by atoms with Crippen LogP contribution >= 0.6 is 0 Å². The Morgan fingerprint density at radius 1 is 1.12 bits per heavy atom. The molecule has 11 nitrogen and oxygen atoms in total. The summed E-state index contributed by atoms with van der Waals surface area (Å²) in [5.74, 6) is -4.41. The fourth-order valence-corrected chi connectivity index (χ4v) is 7.11. The summed E-state index contributed by atoms with van der Waals surface area (Å²) in [5.41, 5.74) is -1.51. The molecule has 3 fully saturated rings. The Kier molecular flexibility index (Phi) is 8.09. The number of nitrogens with zero attached hydrogens (tertiary/aromatic N) is 1. The number of fused-ring (bicyclic) bond motifs is 2. The third-order valence-electron chi connectivity index (χ3n) is 8.38. The highest BCUT2D eigenvalue weighted by Gasteiger charge is 2.62. The molecule has 0 aromatic heterocycles. The molecule has 5 rings (SSSR count). The van der Waals surface area contributed by atoms with Gasteiger partial charge < -0.3 is 15.0 Å². The predicted molar refractivity (Wildman–Crippen MR) is 146 cm³/mol. The van der Waals surface area contributed by atoms with Gasteiger partial charge in [0.1, 0.15) is 17.5 Å². The van der Waals surface area contributed by atoms with Crippen molar-refractivity contribution in [3.8, 4) is 0 Å². The van der Waals surface area contributed by atoms with Gasteiger partial charge in [-0.25, -0.2) is 17.6 Å².